The maximum Gasteiger partial charge on any atom is 0.223 e. The zero-order valence-corrected chi connectivity index (χ0v) is 12.3. The molecule has 2 saturated heterocycles. The fourth-order valence-corrected chi connectivity index (χ4v) is 2.89. The van der Waals surface area contributed by atoms with Crippen molar-refractivity contribution in [2.75, 3.05) is 47.2 Å². The van der Waals surface area contributed by atoms with E-state index in [1.807, 2.05) is 0 Å². The molecule has 0 radical (unpaired) electrons. The fraction of sp³-hybridized carbons (Fsp3) is 0.929. The van der Waals surface area contributed by atoms with Crippen LogP contribution in [-0.2, 0) is 23.7 Å². The number of carbonyl (C=O) groups is 1. The molecule has 0 saturated carbocycles. The second kappa shape index (κ2) is 7.93. The van der Waals surface area contributed by atoms with Gasteiger partial charge in [0, 0.05) is 45.8 Å². The SMILES string of the molecule is CO[C@H]1[C@H](CNC(=O)C2CCOCC2)COC[C@H]1OC. The van der Waals surface area contributed by atoms with E-state index in [0.717, 1.165) is 12.8 Å². The van der Waals surface area contributed by atoms with Crippen LogP contribution in [0.1, 0.15) is 12.8 Å². The normalized spacial score (nSPS) is 32.0. The Bertz CT molecular complexity index is 306. The highest BCUT2D eigenvalue weighted by atomic mass is 16.6. The van der Waals surface area contributed by atoms with Crippen LogP contribution in [0.2, 0.25) is 0 Å². The second-order valence-corrected chi connectivity index (χ2v) is 5.40. The Morgan fingerprint density at radius 3 is 2.55 bits per heavy atom. The lowest BCUT2D eigenvalue weighted by molar-refractivity contribution is -0.148. The summed E-state index contributed by atoms with van der Waals surface area (Å²) in [5.74, 6) is 0.317. The number of rotatable bonds is 5. The lowest BCUT2D eigenvalue weighted by atomic mass is 9.95. The molecule has 0 aliphatic carbocycles. The van der Waals surface area contributed by atoms with Crippen LogP contribution in [0.5, 0.6) is 0 Å². The first kappa shape index (κ1) is 15.7. The van der Waals surface area contributed by atoms with Gasteiger partial charge in [-0.15, -0.1) is 0 Å². The number of methoxy groups -OCH3 is 2. The third kappa shape index (κ3) is 3.91. The first-order chi connectivity index (χ1) is 9.76. The van der Waals surface area contributed by atoms with Crippen molar-refractivity contribution in [2.24, 2.45) is 11.8 Å². The van der Waals surface area contributed by atoms with Gasteiger partial charge in [-0.25, -0.2) is 0 Å². The van der Waals surface area contributed by atoms with E-state index in [1.54, 1.807) is 14.2 Å². The first-order valence-corrected chi connectivity index (χ1v) is 7.25. The van der Waals surface area contributed by atoms with Crippen molar-refractivity contribution >= 4 is 5.91 Å². The Kier molecular flexibility index (Phi) is 6.22. The molecule has 3 atom stereocenters. The first-order valence-electron chi connectivity index (χ1n) is 7.25. The van der Waals surface area contributed by atoms with Crippen molar-refractivity contribution in [1.29, 1.82) is 0 Å². The number of ether oxygens (including phenoxy) is 4. The summed E-state index contributed by atoms with van der Waals surface area (Å²) in [5, 5.41) is 3.02. The van der Waals surface area contributed by atoms with Gasteiger partial charge in [-0.2, -0.15) is 0 Å². The van der Waals surface area contributed by atoms with Gasteiger partial charge in [-0.3, -0.25) is 4.79 Å². The molecule has 20 heavy (non-hydrogen) atoms. The summed E-state index contributed by atoms with van der Waals surface area (Å²) < 4.78 is 21.7. The second-order valence-electron chi connectivity index (χ2n) is 5.40. The third-order valence-electron chi connectivity index (χ3n) is 4.15. The lowest BCUT2D eigenvalue weighted by Gasteiger charge is -2.36. The Hall–Kier alpha value is -0.690. The summed E-state index contributed by atoms with van der Waals surface area (Å²) in [4.78, 5) is 12.1. The minimum absolute atomic E-state index is 0.0382. The Labute approximate surface area is 120 Å². The van der Waals surface area contributed by atoms with Crippen LogP contribution in [0.25, 0.3) is 0 Å². The number of hydrogen-bond donors (Lipinski definition) is 1. The number of nitrogens with one attached hydrogen (secondary N) is 1. The highest BCUT2D eigenvalue weighted by Gasteiger charge is 2.35. The van der Waals surface area contributed by atoms with E-state index in [0.29, 0.717) is 33.0 Å². The van der Waals surface area contributed by atoms with E-state index in [-0.39, 0.29) is 30.0 Å². The summed E-state index contributed by atoms with van der Waals surface area (Å²) in [6.45, 7) is 3.05. The average molecular weight is 287 g/mol. The Balaban J connectivity index is 1.80. The van der Waals surface area contributed by atoms with E-state index in [1.165, 1.54) is 0 Å². The van der Waals surface area contributed by atoms with Crippen LogP contribution in [-0.4, -0.2) is 65.3 Å². The van der Waals surface area contributed by atoms with Gasteiger partial charge in [-0.05, 0) is 12.8 Å². The van der Waals surface area contributed by atoms with Crippen LogP contribution >= 0.6 is 0 Å². The number of hydrogen-bond acceptors (Lipinski definition) is 5. The zero-order chi connectivity index (χ0) is 14.4. The van der Waals surface area contributed by atoms with E-state index < -0.39 is 0 Å². The Morgan fingerprint density at radius 2 is 1.90 bits per heavy atom. The summed E-state index contributed by atoms with van der Waals surface area (Å²) in [6, 6.07) is 0. The molecule has 2 fully saturated rings. The minimum Gasteiger partial charge on any atom is -0.381 e. The summed E-state index contributed by atoms with van der Waals surface area (Å²) in [7, 11) is 3.33. The fourth-order valence-electron chi connectivity index (χ4n) is 2.89. The van der Waals surface area contributed by atoms with Crippen LogP contribution in [0.4, 0.5) is 0 Å². The minimum atomic E-state index is -0.0706. The zero-order valence-electron chi connectivity index (χ0n) is 12.3. The van der Waals surface area contributed by atoms with E-state index in [2.05, 4.69) is 5.32 Å². The molecule has 2 heterocycles. The summed E-state index contributed by atoms with van der Waals surface area (Å²) in [6.07, 6.45) is 1.51. The maximum atomic E-state index is 12.1. The van der Waals surface area contributed by atoms with Gasteiger partial charge in [-0.1, -0.05) is 0 Å². The third-order valence-corrected chi connectivity index (χ3v) is 4.15. The van der Waals surface area contributed by atoms with Gasteiger partial charge < -0.3 is 24.3 Å². The lowest BCUT2D eigenvalue weighted by Crippen LogP contribution is -2.50. The molecule has 0 bridgehead atoms. The largest absolute Gasteiger partial charge is 0.381 e. The molecule has 0 aromatic carbocycles. The van der Waals surface area contributed by atoms with E-state index in [4.69, 9.17) is 18.9 Å². The van der Waals surface area contributed by atoms with Gasteiger partial charge in [0.05, 0.1) is 19.3 Å². The van der Waals surface area contributed by atoms with Gasteiger partial charge in [0.25, 0.3) is 0 Å². The Morgan fingerprint density at radius 1 is 1.15 bits per heavy atom. The number of amides is 1. The van der Waals surface area contributed by atoms with Crippen molar-refractivity contribution < 1.29 is 23.7 Å². The topological polar surface area (TPSA) is 66.0 Å². The van der Waals surface area contributed by atoms with Crippen LogP contribution in [0, 0.1) is 11.8 Å². The maximum absolute atomic E-state index is 12.1. The van der Waals surface area contributed by atoms with Crippen molar-refractivity contribution in [3.8, 4) is 0 Å². The molecule has 0 aromatic rings. The highest BCUT2D eigenvalue weighted by molar-refractivity contribution is 5.78. The molecule has 116 valence electrons. The van der Waals surface area contributed by atoms with Crippen molar-refractivity contribution in [3.63, 3.8) is 0 Å². The van der Waals surface area contributed by atoms with Gasteiger partial charge >= 0.3 is 0 Å². The molecule has 2 aliphatic rings. The standard InChI is InChI=1S/C14H25NO5/c1-17-12-9-20-8-11(13(12)18-2)7-15-14(16)10-3-5-19-6-4-10/h10-13H,3-9H2,1-2H3,(H,15,16)/t11-,12-,13+/m1/s1. The molecule has 2 rings (SSSR count). The molecule has 1 N–H and O–H groups in total. The van der Waals surface area contributed by atoms with Crippen molar-refractivity contribution in [1.82, 2.24) is 5.32 Å². The molecule has 0 aromatic heterocycles. The highest BCUT2D eigenvalue weighted by Crippen LogP contribution is 2.20. The van der Waals surface area contributed by atoms with Gasteiger partial charge in [0.1, 0.15) is 6.10 Å². The smallest absolute Gasteiger partial charge is 0.223 e. The predicted octanol–water partition coefficient (Wildman–Crippen LogP) is 0.206. The average Bonchev–Trinajstić information content (AvgIpc) is 2.52. The molecule has 6 nitrogen and oxygen atoms in total. The van der Waals surface area contributed by atoms with Crippen molar-refractivity contribution in [3.05, 3.63) is 0 Å². The van der Waals surface area contributed by atoms with Crippen molar-refractivity contribution in [2.45, 2.75) is 25.0 Å². The molecule has 0 spiro atoms. The van der Waals surface area contributed by atoms with E-state index in [9.17, 15) is 4.79 Å². The summed E-state index contributed by atoms with van der Waals surface area (Å²) in [5.41, 5.74) is 0. The van der Waals surface area contributed by atoms with E-state index >= 15 is 0 Å². The molecule has 2 aliphatic heterocycles. The molecule has 6 heteroatoms. The predicted molar refractivity (Wildman–Crippen MR) is 72.5 cm³/mol. The molecular formula is C14H25NO5. The molecule has 0 unspecified atom stereocenters. The number of carbonyl (C=O) groups excluding carboxylic acids is 1. The molecule has 1 amide bonds. The molecular weight excluding hydrogens is 262 g/mol. The van der Waals surface area contributed by atoms with Crippen LogP contribution in [0.15, 0.2) is 0 Å². The van der Waals surface area contributed by atoms with Gasteiger partial charge in [0.2, 0.25) is 5.91 Å². The quantitative estimate of drug-likeness (QED) is 0.783. The van der Waals surface area contributed by atoms with Gasteiger partial charge in [0.15, 0.2) is 0 Å². The van der Waals surface area contributed by atoms with Crippen LogP contribution < -0.4 is 5.32 Å². The summed E-state index contributed by atoms with van der Waals surface area (Å²) >= 11 is 0. The van der Waals surface area contributed by atoms with Crippen LogP contribution in [0.3, 0.4) is 0 Å². The monoisotopic (exact) mass is 287 g/mol.